The molecule has 1 nitrogen and oxygen atoms in total. The molecule has 0 heterocycles. The highest BCUT2D eigenvalue weighted by atomic mass is 35.5. The van der Waals surface area contributed by atoms with E-state index in [-0.39, 0.29) is 11.3 Å². The van der Waals surface area contributed by atoms with E-state index in [1.807, 2.05) is 25.1 Å². The van der Waals surface area contributed by atoms with E-state index in [0.29, 0.717) is 0 Å². The zero-order valence-corrected chi connectivity index (χ0v) is 13.6. The summed E-state index contributed by atoms with van der Waals surface area (Å²) in [5.74, 6) is 0. The van der Waals surface area contributed by atoms with Gasteiger partial charge in [-0.1, -0.05) is 47.5 Å². The highest BCUT2D eigenvalue weighted by Gasteiger charge is 2.20. The first-order valence-corrected chi connectivity index (χ1v) is 7.98. The number of halogens is 1. The summed E-state index contributed by atoms with van der Waals surface area (Å²) in [5, 5.41) is 0.942. The Morgan fingerprint density at radius 3 is 2.40 bits per heavy atom. The topological polar surface area (TPSA) is 26.0 Å². The van der Waals surface area contributed by atoms with Gasteiger partial charge < -0.3 is 5.73 Å². The first-order valence-electron chi connectivity index (χ1n) is 6.73. The molecule has 0 aliphatic heterocycles. The molecular weight excluding hydrogens is 286 g/mol. The van der Waals surface area contributed by atoms with Crippen LogP contribution in [0.1, 0.15) is 28.9 Å². The molecule has 0 radical (unpaired) electrons. The third kappa shape index (κ3) is 3.57. The maximum atomic E-state index is 6.33. The molecule has 0 amide bonds. The second-order valence-corrected chi connectivity index (χ2v) is 6.78. The minimum absolute atomic E-state index is 0.0283. The van der Waals surface area contributed by atoms with Gasteiger partial charge in [0.2, 0.25) is 0 Å². The Morgan fingerprint density at radius 1 is 1.10 bits per heavy atom. The normalized spacial score (nSPS) is 14.1. The smallest absolute Gasteiger partial charge is 0.0507 e. The molecule has 2 N–H and O–H groups in total. The van der Waals surface area contributed by atoms with Gasteiger partial charge >= 0.3 is 0 Å². The Hall–Kier alpha value is -0.960. The summed E-state index contributed by atoms with van der Waals surface area (Å²) in [7, 11) is 0. The third-order valence-corrected chi connectivity index (χ3v) is 5.27. The summed E-state index contributed by atoms with van der Waals surface area (Å²) in [6.07, 6.45) is 0. The van der Waals surface area contributed by atoms with Crippen LogP contribution in [0.2, 0.25) is 5.02 Å². The number of nitrogens with two attached hydrogens (primary N) is 1. The molecule has 0 aliphatic carbocycles. The summed E-state index contributed by atoms with van der Waals surface area (Å²) in [6, 6.07) is 14.5. The van der Waals surface area contributed by atoms with Crippen molar-refractivity contribution in [1.29, 1.82) is 0 Å². The highest BCUT2D eigenvalue weighted by molar-refractivity contribution is 7.99. The van der Waals surface area contributed by atoms with Crippen LogP contribution >= 0.6 is 23.4 Å². The molecule has 0 aliphatic rings. The minimum Gasteiger partial charge on any atom is -0.327 e. The van der Waals surface area contributed by atoms with E-state index in [4.69, 9.17) is 17.3 Å². The average Bonchev–Trinajstić information content (AvgIpc) is 2.39. The molecule has 0 saturated heterocycles. The fourth-order valence-electron chi connectivity index (χ4n) is 2.23. The van der Waals surface area contributed by atoms with Crippen molar-refractivity contribution in [3.63, 3.8) is 0 Å². The lowest BCUT2D eigenvalue weighted by atomic mass is 10.1. The molecule has 106 valence electrons. The summed E-state index contributed by atoms with van der Waals surface area (Å²) in [6.45, 7) is 6.28. The Kier molecular flexibility index (Phi) is 5.14. The molecule has 2 unspecified atom stereocenters. The van der Waals surface area contributed by atoms with Gasteiger partial charge in [-0.3, -0.25) is 0 Å². The maximum Gasteiger partial charge on any atom is 0.0507 e. The molecule has 0 spiro atoms. The SMILES string of the molecule is Cc1ccc(SC(c2ccccc2Cl)C(C)N)c(C)c1. The van der Waals surface area contributed by atoms with Crippen LogP contribution in [0.4, 0.5) is 0 Å². The Morgan fingerprint density at radius 2 is 1.80 bits per heavy atom. The van der Waals surface area contributed by atoms with Gasteiger partial charge in [-0.25, -0.2) is 0 Å². The van der Waals surface area contributed by atoms with E-state index in [2.05, 4.69) is 38.1 Å². The fourth-order valence-corrected chi connectivity index (χ4v) is 3.76. The second-order valence-electron chi connectivity index (χ2n) is 5.19. The van der Waals surface area contributed by atoms with E-state index < -0.39 is 0 Å². The molecule has 2 aromatic rings. The van der Waals surface area contributed by atoms with Crippen molar-refractivity contribution in [2.24, 2.45) is 5.73 Å². The lowest BCUT2D eigenvalue weighted by molar-refractivity contribution is 0.721. The minimum atomic E-state index is 0.0283. The number of thioether (sulfide) groups is 1. The van der Waals surface area contributed by atoms with Crippen molar-refractivity contribution in [2.75, 3.05) is 0 Å². The molecule has 3 heteroatoms. The number of hydrogen-bond acceptors (Lipinski definition) is 2. The van der Waals surface area contributed by atoms with Crippen molar-refractivity contribution < 1.29 is 0 Å². The van der Waals surface area contributed by atoms with Crippen molar-refractivity contribution in [2.45, 2.75) is 37.0 Å². The standard InChI is InChI=1S/C17H20ClNS/c1-11-8-9-16(12(2)10-11)20-17(13(3)19)14-6-4-5-7-15(14)18/h4-10,13,17H,19H2,1-3H3. The lowest BCUT2D eigenvalue weighted by Crippen LogP contribution is -2.22. The van der Waals surface area contributed by atoms with Gasteiger partial charge in [0, 0.05) is 16.0 Å². The zero-order valence-electron chi connectivity index (χ0n) is 12.1. The van der Waals surface area contributed by atoms with Crippen LogP contribution in [0, 0.1) is 13.8 Å². The number of benzene rings is 2. The predicted molar refractivity (Wildman–Crippen MR) is 89.6 cm³/mol. The quantitative estimate of drug-likeness (QED) is 0.792. The van der Waals surface area contributed by atoms with Crippen LogP contribution < -0.4 is 5.73 Å². The first-order chi connectivity index (χ1) is 9.49. The first kappa shape index (κ1) is 15.4. The number of hydrogen-bond donors (Lipinski definition) is 1. The van der Waals surface area contributed by atoms with Crippen molar-refractivity contribution >= 4 is 23.4 Å². The fraction of sp³-hybridized carbons (Fsp3) is 0.294. The number of aryl methyl sites for hydroxylation is 2. The maximum absolute atomic E-state index is 6.33. The van der Waals surface area contributed by atoms with E-state index in [1.165, 1.54) is 16.0 Å². The van der Waals surface area contributed by atoms with Gasteiger partial charge in [0.25, 0.3) is 0 Å². The predicted octanol–water partition coefficient (Wildman–Crippen LogP) is 5.14. The van der Waals surface area contributed by atoms with Gasteiger partial charge in [-0.15, -0.1) is 11.8 Å². The van der Waals surface area contributed by atoms with E-state index in [0.717, 1.165) is 10.6 Å². The summed E-state index contributed by atoms with van der Waals surface area (Å²) in [5.41, 5.74) is 9.86. The zero-order chi connectivity index (χ0) is 14.7. The average molecular weight is 306 g/mol. The molecule has 0 saturated carbocycles. The van der Waals surface area contributed by atoms with E-state index in [1.54, 1.807) is 11.8 Å². The highest BCUT2D eigenvalue weighted by Crippen LogP contribution is 2.41. The summed E-state index contributed by atoms with van der Waals surface area (Å²) >= 11 is 8.12. The van der Waals surface area contributed by atoms with Crippen LogP contribution in [0.3, 0.4) is 0 Å². The largest absolute Gasteiger partial charge is 0.327 e. The van der Waals surface area contributed by atoms with E-state index in [9.17, 15) is 0 Å². The summed E-state index contributed by atoms with van der Waals surface area (Å²) < 4.78 is 0. The Balaban J connectivity index is 2.33. The Bertz CT molecular complexity index is 595. The molecule has 0 bridgehead atoms. The van der Waals surface area contributed by atoms with E-state index >= 15 is 0 Å². The van der Waals surface area contributed by atoms with Crippen LogP contribution in [-0.4, -0.2) is 6.04 Å². The molecule has 2 rings (SSSR count). The molecule has 0 aromatic heterocycles. The van der Waals surface area contributed by atoms with Gasteiger partial charge in [-0.2, -0.15) is 0 Å². The van der Waals surface area contributed by atoms with Crippen LogP contribution in [-0.2, 0) is 0 Å². The third-order valence-electron chi connectivity index (χ3n) is 3.27. The monoisotopic (exact) mass is 305 g/mol. The summed E-state index contributed by atoms with van der Waals surface area (Å²) in [4.78, 5) is 1.26. The van der Waals surface area contributed by atoms with Gasteiger partial charge in [0.05, 0.1) is 5.25 Å². The lowest BCUT2D eigenvalue weighted by Gasteiger charge is -2.23. The molecule has 20 heavy (non-hydrogen) atoms. The van der Waals surface area contributed by atoms with Crippen LogP contribution in [0.25, 0.3) is 0 Å². The van der Waals surface area contributed by atoms with Gasteiger partial charge in [0.1, 0.15) is 0 Å². The van der Waals surface area contributed by atoms with Crippen molar-refractivity contribution in [1.82, 2.24) is 0 Å². The Labute approximate surface area is 130 Å². The second kappa shape index (κ2) is 6.66. The van der Waals surface area contributed by atoms with Crippen molar-refractivity contribution in [3.8, 4) is 0 Å². The van der Waals surface area contributed by atoms with Crippen LogP contribution in [0.5, 0.6) is 0 Å². The molecule has 0 fully saturated rings. The van der Waals surface area contributed by atoms with Crippen molar-refractivity contribution in [3.05, 3.63) is 64.2 Å². The molecule has 2 aromatic carbocycles. The molecular formula is C17H20ClNS. The molecule has 2 atom stereocenters. The van der Waals surface area contributed by atoms with Gasteiger partial charge in [-0.05, 0) is 44.0 Å². The van der Waals surface area contributed by atoms with Gasteiger partial charge in [0.15, 0.2) is 0 Å². The van der Waals surface area contributed by atoms with Crippen LogP contribution in [0.15, 0.2) is 47.4 Å². The number of rotatable bonds is 4.